The lowest BCUT2D eigenvalue weighted by Gasteiger charge is -2.16. The zero-order chi connectivity index (χ0) is 19.9. The summed E-state index contributed by atoms with van der Waals surface area (Å²) >= 11 is 0.353. The normalized spacial score (nSPS) is 11.8. The number of carbonyl (C=O) groups is 1. The second-order valence-electron chi connectivity index (χ2n) is 5.98. The predicted octanol–water partition coefficient (Wildman–Crippen LogP) is 5.59. The van der Waals surface area contributed by atoms with Crippen molar-refractivity contribution in [2.45, 2.75) is 63.7 Å². The largest absolute Gasteiger partial charge is 0.518 e. The van der Waals surface area contributed by atoms with Gasteiger partial charge in [-0.15, -0.1) is 0 Å². The molecule has 0 aromatic heterocycles. The van der Waals surface area contributed by atoms with Gasteiger partial charge < -0.3 is 9.29 Å². The zero-order valence-electron chi connectivity index (χ0n) is 14.9. The van der Waals surface area contributed by atoms with Crippen LogP contribution in [0.1, 0.15) is 63.0 Å². The standard InChI is InChI=1S/C16H22N2O7S/c1-4-5-6-7-8-10(2)12-9-13(17(21)22)11(3)14(18(23)24)15(12)26-25-16(19)20/h9-10H,4-8H2,1-3H3,(H,19,20). The van der Waals surface area contributed by atoms with Crippen LogP contribution in [-0.4, -0.2) is 21.1 Å². The zero-order valence-corrected chi connectivity index (χ0v) is 15.7. The molecule has 0 fully saturated rings. The average molecular weight is 386 g/mol. The summed E-state index contributed by atoms with van der Waals surface area (Å²) < 4.78 is 4.47. The van der Waals surface area contributed by atoms with Crippen molar-refractivity contribution in [1.29, 1.82) is 0 Å². The molecule has 0 saturated heterocycles. The fraction of sp³-hybridized carbons (Fsp3) is 0.562. The minimum Gasteiger partial charge on any atom is -0.449 e. The van der Waals surface area contributed by atoms with Gasteiger partial charge in [0.15, 0.2) is 0 Å². The van der Waals surface area contributed by atoms with Gasteiger partial charge in [-0.05, 0) is 24.8 Å². The Balaban J connectivity index is 3.39. The molecular formula is C16H22N2O7S. The maximum absolute atomic E-state index is 11.5. The summed E-state index contributed by atoms with van der Waals surface area (Å²) in [6.07, 6.45) is 3.06. The van der Waals surface area contributed by atoms with Crippen molar-refractivity contribution in [3.63, 3.8) is 0 Å². The molecule has 9 nitrogen and oxygen atoms in total. The van der Waals surface area contributed by atoms with Crippen molar-refractivity contribution in [1.82, 2.24) is 0 Å². The van der Waals surface area contributed by atoms with Crippen molar-refractivity contribution in [3.05, 3.63) is 37.4 Å². The summed E-state index contributed by atoms with van der Waals surface area (Å²) in [5, 5.41) is 31.5. The van der Waals surface area contributed by atoms with Crippen molar-refractivity contribution in [3.8, 4) is 0 Å². The van der Waals surface area contributed by atoms with Gasteiger partial charge in [0.25, 0.3) is 11.4 Å². The molecule has 1 aromatic carbocycles. The molecule has 1 atom stereocenters. The third kappa shape index (κ3) is 5.58. The monoisotopic (exact) mass is 386 g/mol. The molecule has 26 heavy (non-hydrogen) atoms. The number of unbranched alkanes of at least 4 members (excludes halogenated alkanes) is 3. The van der Waals surface area contributed by atoms with E-state index >= 15 is 0 Å². The van der Waals surface area contributed by atoms with Gasteiger partial charge in [-0.25, -0.2) is 4.79 Å². The molecule has 0 radical (unpaired) electrons. The van der Waals surface area contributed by atoms with Gasteiger partial charge in [0.1, 0.15) is 22.5 Å². The topological polar surface area (TPSA) is 133 Å². The van der Waals surface area contributed by atoms with E-state index in [4.69, 9.17) is 5.11 Å². The van der Waals surface area contributed by atoms with Crippen LogP contribution in [0.25, 0.3) is 0 Å². The van der Waals surface area contributed by atoms with Gasteiger partial charge in [-0.1, -0.05) is 39.5 Å². The van der Waals surface area contributed by atoms with Gasteiger partial charge in [0.05, 0.1) is 9.85 Å². The summed E-state index contributed by atoms with van der Waals surface area (Å²) in [7, 11) is 0. The van der Waals surface area contributed by atoms with Crippen LogP contribution in [0, 0.1) is 27.2 Å². The Morgan fingerprint density at radius 3 is 2.42 bits per heavy atom. The first-order valence-corrected chi connectivity index (χ1v) is 8.98. The molecule has 0 aliphatic rings. The fourth-order valence-corrected chi connectivity index (χ4v) is 3.54. The Hall–Kier alpha value is -2.36. The predicted molar refractivity (Wildman–Crippen MR) is 96.6 cm³/mol. The van der Waals surface area contributed by atoms with Gasteiger partial charge >= 0.3 is 6.16 Å². The summed E-state index contributed by atoms with van der Waals surface area (Å²) in [5.41, 5.74) is -0.609. The Labute approximate surface area is 155 Å². The van der Waals surface area contributed by atoms with E-state index in [1.165, 1.54) is 13.0 Å². The lowest BCUT2D eigenvalue weighted by Crippen LogP contribution is -2.06. The minimum absolute atomic E-state index is 0.00323. The smallest absolute Gasteiger partial charge is 0.449 e. The number of nitrogens with zero attached hydrogens (tertiary/aromatic N) is 2. The maximum atomic E-state index is 11.5. The van der Waals surface area contributed by atoms with E-state index in [2.05, 4.69) is 11.1 Å². The van der Waals surface area contributed by atoms with Crippen molar-refractivity contribution in [2.24, 2.45) is 0 Å². The van der Waals surface area contributed by atoms with E-state index in [0.29, 0.717) is 24.0 Å². The van der Waals surface area contributed by atoms with Crippen LogP contribution in [0.4, 0.5) is 16.2 Å². The van der Waals surface area contributed by atoms with E-state index in [-0.39, 0.29) is 22.1 Å². The molecule has 0 spiro atoms. The number of nitro benzene ring substituents is 2. The van der Waals surface area contributed by atoms with E-state index < -0.39 is 21.7 Å². The van der Waals surface area contributed by atoms with E-state index in [9.17, 15) is 25.0 Å². The maximum Gasteiger partial charge on any atom is 0.518 e. The second-order valence-corrected chi connectivity index (χ2v) is 6.73. The SMILES string of the molecule is CCCCCCC(C)c1cc([N+](=O)[O-])c(C)c([N+](=O)[O-])c1SOC(=O)O. The van der Waals surface area contributed by atoms with Crippen LogP contribution in [0.5, 0.6) is 0 Å². The van der Waals surface area contributed by atoms with E-state index in [1.807, 2.05) is 6.92 Å². The number of rotatable bonds is 10. The number of benzene rings is 1. The molecule has 1 rings (SSSR count). The second kappa shape index (κ2) is 9.95. The van der Waals surface area contributed by atoms with Crippen LogP contribution >= 0.6 is 12.0 Å². The molecule has 0 bridgehead atoms. The third-order valence-electron chi connectivity index (χ3n) is 4.11. The number of hydrogen-bond acceptors (Lipinski definition) is 7. The minimum atomic E-state index is -1.60. The third-order valence-corrected chi connectivity index (χ3v) is 4.93. The summed E-state index contributed by atoms with van der Waals surface area (Å²) in [6, 6.07) is 1.29. The first-order chi connectivity index (χ1) is 12.2. The lowest BCUT2D eigenvalue weighted by atomic mass is 9.92. The van der Waals surface area contributed by atoms with Gasteiger partial charge in [-0.2, -0.15) is 0 Å². The molecule has 0 aliphatic heterocycles. The van der Waals surface area contributed by atoms with Gasteiger partial charge in [0.2, 0.25) is 0 Å². The molecular weight excluding hydrogens is 364 g/mol. The average Bonchev–Trinajstić information content (AvgIpc) is 2.55. The molecule has 0 aliphatic carbocycles. The highest BCUT2D eigenvalue weighted by Gasteiger charge is 2.32. The Morgan fingerprint density at radius 2 is 1.92 bits per heavy atom. The highest BCUT2D eigenvalue weighted by Crippen LogP contribution is 2.44. The van der Waals surface area contributed by atoms with Crippen molar-refractivity contribution >= 4 is 29.6 Å². The molecule has 144 valence electrons. The Bertz CT molecular complexity index is 694. The first-order valence-electron chi connectivity index (χ1n) is 8.24. The van der Waals surface area contributed by atoms with Crippen LogP contribution in [0.3, 0.4) is 0 Å². The van der Waals surface area contributed by atoms with Gasteiger partial charge in [-0.3, -0.25) is 20.2 Å². The number of carboxylic acid groups (broad SMARTS) is 1. The van der Waals surface area contributed by atoms with E-state index in [1.54, 1.807) is 0 Å². The summed E-state index contributed by atoms with van der Waals surface area (Å²) in [5.74, 6) is -0.218. The van der Waals surface area contributed by atoms with E-state index in [0.717, 1.165) is 25.7 Å². The molecule has 0 saturated carbocycles. The number of hydrogen-bond donors (Lipinski definition) is 1. The first kappa shape index (κ1) is 21.7. The van der Waals surface area contributed by atoms with Crippen LogP contribution in [0.2, 0.25) is 0 Å². The molecule has 0 amide bonds. The van der Waals surface area contributed by atoms with Crippen LogP contribution in [0.15, 0.2) is 11.0 Å². The van der Waals surface area contributed by atoms with Crippen molar-refractivity contribution in [2.75, 3.05) is 0 Å². The van der Waals surface area contributed by atoms with Crippen molar-refractivity contribution < 1.29 is 23.9 Å². The number of nitro groups is 2. The summed E-state index contributed by atoms with van der Waals surface area (Å²) in [6.45, 7) is 5.17. The quantitative estimate of drug-likeness (QED) is 0.238. The van der Waals surface area contributed by atoms with Gasteiger partial charge in [0, 0.05) is 6.07 Å². The highest BCUT2D eigenvalue weighted by atomic mass is 32.2. The van der Waals surface area contributed by atoms with Crippen LogP contribution in [-0.2, 0) is 4.18 Å². The Kier molecular flexibility index (Phi) is 8.30. The summed E-state index contributed by atoms with van der Waals surface area (Å²) in [4.78, 5) is 32.1. The molecule has 1 N–H and O–H groups in total. The molecule has 1 aromatic rings. The molecule has 10 heteroatoms. The Morgan fingerprint density at radius 1 is 1.27 bits per heavy atom. The molecule has 1 unspecified atom stereocenters. The fourth-order valence-electron chi connectivity index (χ4n) is 2.72. The van der Waals surface area contributed by atoms with Crippen LogP contribution < -0.4 is 0 Å². The molecule has 0 heterocycles. The lowest BCUT2D eigenvalue weighted by molar-refractivity contribution is -0.397. The highest BCUT2D eigenvalue weighted by molar-refractivity contribution is 7.95.